The Bertz CT molecular complexity index is 1500. The highest BCUT2D eigenvalue weighted by Gasteiger charge is 2.79. The van der Waals surface area contributed by atoms with Crippen LogP contribution in [0.25, 0.3) is 0 Å². The predicted octanol–water partition coefficient (Wildman–Crippen LogP) is 1.78. The van der Waals surface area contributed by atoms with Gasteiger partial charge in [-0.05, 0) is 44.5 Å². The number of fused-ring (bicyclic) bond motifs is 3. The molecule has 10 atom stereocenters. The number of esters is 3. The highest BCUT2D eigenvalue weighted by atomic mass is 16.6. The molecular formula is C32H36N2O10. The molecule has 1 spiro atoms. The fourth-order valence-corrected chi connectivity index (χ4v) is 8.17. The first-order valence-electron chi connectivity index (χ1n) is 14.6. The molecule has 0 amide bonds. The zero-order chi connectivity index (χ0) is 31.7. The van der Waals surface area contributed by atoms with E-state index in [0.717, 1.165) is 5.57 Å². The summed E-state index contributed by atoms with van der Waals surface area (Å²) in [5.41, 5.74) is -4.91. The maximum Gasteiger partial charge on any atom is 0.340 e. The molecule has 2 aromatic heterocycles. The molecule has 1 saturated carbocycles. The molecule has 0 radical (unpaired) electrons. The third-order valence-corrected chi connectivity index (χ3v) is 10.8. The maximum atomic E-state index is 13.5. The number of pyridine rings is 2. The third kappa shape index (κ3) is 4.15. The molecule has 2 aromatic rings. The number of aliphatic hydroxyl groups is 3. The van der Waals surface area contributed by atoms with E-state index < -0.39 is 76.4 Å². The predicted molar refractivity (Wildman–Crippen MR) is 151 cm³/mol. The lowest BCUT2D eigenvalue weighted by atomic mass is 9.41. The molecule has 3 fully saturated rings. The number of aromatic nitrogens is 2. The first-order chi connectivity index (χ1) is 20.8. The molecule has 3 N–H and O–H groups in total. The molecule has 0 bridgehead atoms. The summed E-state index contributed by atoms with van der Waals surface area (Å²) in [6.45, 7) is 6.62. The summed E-state index contributed by atoms with van der Waals surface area (Å²) in [6.07, 6.45) is 0.870. The molecule has 0 aromatic carbocycles. The van der Waals surface area contributed by atoms with Gasteiger partial charge in [0.05, 0.1) is 17.2 Å². The Morgan fingerprint density at radius 1 is 0.977 bits per heavy atom. The highest BCUT2D eigenvalue weighted by molar-refractivity contribution is 5.89. The van der Waals surface area contributed by atoms with Crippen LogP contribution in [0.15, 0.2) is 60.7 Å². The monoisotopic (exact) mass is 608 g/mol. The number of rotatable bonds is 4. The van der Waals surface area contributed by atoms with Crippen molar-refractivity contribution in [3.63, 3.8) is 0 Å². The minimum absolute atomic E-state index is 0.158. The number of carbonyl (C=O) groups is 3. The molecule has 234 valence electrons. The van der Waals surface area contributed by atoms with E-state index in [0.29, 0.717) is 0 Å². The van der Waals surface area contributed by atoms with E-state index in [1.807, 2.05) is 19.9 Å². The zero-order valence-electron chi connectivity index (χ0n) is 24.9. The lowest BCUT2D eigenvalue weighted by Crippen LogP contribution is -2.82. The molecule has 2 aliphatic carbocycles. The van der Waals surface area contributed by atoms with Gasteiger partial charge in [-0.3, -0.25) is 9.97 Å². The van der Waals surface area contributed by atoms with E-state index in [-0.39, 0.29) is 30.6 Å². The normalized spacial score (nSPS) is 41.2. The lowest BCUT2D eigenvalue weighted by molar-refractivity contribution is -0.376. The molecule has 2 saturated heterocycles. The van der Waals surface area contributed by atoms with Gasteiger partial charge in [0, 0.05) is 48.0 Å². The Morgan fingerprint density at radius 3 is 2.14 bits per heavy atom. The molecule has 6 rings (SSSR count). The van der Waals surface area contributed by atoms with Crippen LogP contribution in [0.3, 0.4) is 0 Å². The van der Waals surface area contributed by atoms with Crippen molar-refractivity contribution in [2.75, 3.05) is 6.61 Å². The van der Waals surface area contributed by atoms with Gasteiger partial charge < -0.3 is 34.3 Å². The Morgan fingerprint density at radius 2 is 1.59 bits per heavy atom. The van der Waals surface area contributed by atoms with Gasteiger partial charge in [-0.15, -0.1) is 0 Å². The molecule has 44 heavy (non-hydrogen) atoms. The second-order valence-electron chi connectivity index (χ2n) is 12.9. The number of hydrogen-bond donors (Lipinski definition) is 3. The van der Waals surface area contributed by atoms with Crippen LogP contribution in [0.5, 0.6) is 0 Å². The Hall–Kier alpha value is -3.71. The van der Waals surface area contributed by atoms with Crippen molar-refractivity contribution in [3.8, 4) is 0 Å². The molecule has 4 heterocycles. The Kier molecular flexibility index (Phi) is 7.19. The van der Waals surface area contributed by atoms with Crippen molar-refractivity contribution in [3.05, 3.63) is 71.8 Å². The summed E-state index contributed by atoms with van der Waals surface area (Å²) in [7, 11) is 0. The van der Waals surface area contributed by atoms with Crippen molar-refractivity contribution in [1.82, 2.24) is 9.97 Å². The SMILES string of the molecule is CC1=CC[C@@H](O)[C@H]2[C@@]1(C)[C@@H](OC(=O)c1cccnc1)[C@H](O)[C@]1(C)O[C@]3(COC(=O)C3O)C[C@H](OC(=O)c3cccnc3)[C@]21C. The lowest BCUT2D eigenvalue weighted by Gasteiger charge is -2.71. The van der Waals surface area contributed by atoms with Gasteiger partial charge in [-0.25, -0.2) is 14.4 Å². The molecule has 2 aliphatic heterocycles. The number of hydrogen-bond acceptors (Lipinski definition) is 12. The smallest absolute Gasteiger partial charge is 0.340 e. The minimum atomic E-state index is -1.76. The van der Waals surface area contributed by atoms with E-state index >= 15 is 0 Å². The minimum Gasteiger partial charge on any atom is -0.460 e. The van der Waals surface area contributed by atoms with Crippen molar-refractivity contribution in [1.29, 1.82) is 0 Å². The van der Waals surface area contributed by atoms with Crippen molar-refractivity contribution < 1.29 is 48.7 Å². The van der Waals surface area contributed by atoms with Crippen LogP contribution in [0, 0.1) is 16.7 Å². The Labute approximate surface area is 254 Å². The van der Waals surface area contributed by atoms with Gasteiger partial charge in [-0.2, -0.15) is 0 Å². The number of nitrogens with zero attached hydrogens (tertiary/aromatic N) is 2. The summed E-state index contributed by atoms with van der Waals surface area (Å²) in [5.74, 6) is -3.19. The van der Waals surface area contributed by atoms with Gasteiger partial charge in [0.15, 0.2) is 6.10 Å². The van der Waals surface area contributed by atoms with Crippen LogP contribution < -0.4 is 0 Å². The topological polar surface area (TPSA) is 175 Å². The molecular weight excluding hydrogens is 572 g/mol. The van der Waals surface area contributed by atoms with Crippen LogP contribution in [-0.2, 0) is 23.7 Å². The quantitative estimate of drug-likeness (QED) is 0.261. The number of ether oxygens (including phenoxy) is 4. The summed E-state index contributed by atoms with van der Waals surface area (Å²) >= 11 is 0. The second kappa shape index (κ2) is 10.4. The first kappa shape index (κ1) is 30.3. The summed E-state index contributed by atoms with van der Waals surface area (Å²) in [6, 6.07) is 6.24. The fraction of sp³-hybridized carbons (Fsp3) is 0.531. The largest absolute Gasteiger partial charge is 0.460 e. The molecule has 12 heteroatoms. The van der Waals surface area contributed by atoms with Crippen LogP contribution in [0.1, 0.15) is 61.3 Å². The standard InChI is InChI=1S/C32H36N2O10/c1-17-9-10-20(35)22-29(17,2)25(43-27(39)19-8-6-12-34-15-19)23(36)31(4)30(22,3)21(42-26(38)18-7-5-11-33-14-18)13-32(44-31)16-41-28(40)24(32)37/h5-9,11-12,14-15,20-25,35-37H,10,13,16H2,1-4H3/t20-,21+,22+,23+,24?,25+,29+,30-,31+,32+/m1/s1. The first-order valence-corrected chi connectivity index (χ1v) is 14.6. The van der Waals surface area contributed by atoms with Gasteiger partial charge in [0.25, 0.3) is 0 Å². The van der Waals surface area contributed by atoms with Crippen LogP contribution in [0.4, 0.5) is 0 Å². The number of aliphatic hydroxyl groups excluding tert-OH is 3. The maximum absolute atomic E-state index is 13.5. The van der Waals surface area contributed by atoms with E-state index in [4.69, 9.17) is 18.9 Å². The van der Waals surface area contributed by atoms with E-state index in [2.05, 4.69) is 9.97 Å². The second-order valence-corrected chi connectivity index (χ2v) is 12.9. The molecule has 12 nitrogen and oxygen atoms in total. The third-order valence-electron chi connectivity index (χ3n) is 10.8. The van der Waals surface area contributed by atoms with Crippen LogP contribution in [-0.4, -0.2) is 91.5 Å². The van der Waals surface area contributed by atoms with Crippen molar-refractivity contribution in [2.24, 2.45) is 16.7 Å². The van der Waals surface area contributed by atoms with Crippen LogP contribution in [0.2, 0.25) is 0 Å². The van der Waals surface area contributed by atoms with Gasteiger partial charge in [0.1, 0.15) is 36.1 Å². The van der Waals surface area contributed by atoms with Gasteiger partial charge in [-0.1, -0.05) is 25.5 Å². The van der Waals surface area contributed by atoms with Crippen molar-refractivity contribution in [2.45, 2.75) is 82.3 Å². The average molecular weight is 609 g/mol. The Balaban J connectivity index is 1.52. The summed E-state index contributed by atoms with van der Waals surface area (Å²) in [5, 5.41) is 35.2. The van der Waals surface area contributed by atoms with E-state index in [9.17, 15) is 29.7 Å². The summed E-state index contributed by atoms with van der Waals surface area (Å²) in [4.78, 5) is 47.5. The average Bonchev–Trinajstić information content (AvgIpc) is 3.28. The zero-order valence-corrected chi connectivity index (χ0v) is 24.9. The molecule has 4 aliphatic rings. The fourth-order valence-electron chi connectivity index (χ4n) is 8.17. The number of carbonyl (C=O) groups excluding carboxylic acids is 3. The van der Waals surface area contributed by atoms with E-state index in [1.165, 1.54) is 30.9 Å². The summed E-state index contributed by atoms with van der Waals surface area (Å²) < 4.78 is 24.1. The van der Waals surface area contributed by atoms with E-state index in [1.54, 1.807) is 32.0 Å². The number of cyclic esters (lactones) is 1. The highest BCUT2D eigenvalue weighted by Crippen LogP contribution is 2.68. The van der Waals surface area contributed by atoms with Crippen LogP contribution >= 0.6 is 0 Å². The molecule has 1 unspecified atom stereocenters. The van der Waals surface area contributed by atoms with Gasteiger partial charge in [0.2, 0.25) is 0 Å². The van der Waals surface area contributed by atoms with Gasteiger partial charge >= 0.3 is 17.9 Å². The van der Waals surface area contributed by atoms with Crippen molar-refractivity contribution >= 4 is 17.9 Å².